The molecular formula is C20H25N3O2. The van der Waals surface area contributed by atoms with E-state index in [4.69, 9.17) is 4.74 Å². The molecule has 1 aliphatic heterocycles. The largest absolute Gasteiger partial charge is 0.378 e. The Morgan fingerprint density at radius 3 is 2.28 bits per heavy atom. The minimum atomic E-state index is -0.0507. The number of hydrogen-bond donors (Lipinski definition) is 1. The number of rotatable bonds is 5. The lowest BCUT2D eigenvalue weighted by atomic mass is 10.1. The van der Waals surface area contributed by atoms with E-state index >= 15 is 0 Å². The Morgan fingerprint density at radius 2 is 1.68 bits per heavy atom. The first-order valence-electron chi connectivity index (χ1n) is 8.61. The maximum atomic E-state index is 12.3. The summed E-state index contributed by atoms with van der Waals surface area (Å²) < 4.78 is 5.37. The molecular weight excluding hydrogens is 314 g/mol. The number of ether oxygens (including phenoxy) is 1. The monoisotopic (exact) mass is 339 g/mol. The van der Waals surface area contributed by atoms with Crippen LogP contribution in [0.2, 0.25) is 0 Å². The topological polar surface area (TPSA) is 44.8 Å². The molecule has 2 aromatic carbocycles. The Kier molecular flexibility index (Phi) is 5.56. The second-order valence-corrected chi connectivity index (χ2v) is 6.39. The molecule has 0 atom stereocenters. The van der Waals surface area contributed by atoms with Gasteiger partial charge in [-0.05, 0) is 42.0 Å². The number of morpholine rings is 1. The molecule has 0 radical (unpaired) electrons. The number of amides is 1. The molecule has 1 fully saturated rings. The van der Waals surface area contributed by atoms with Crippen molar-refractivity contribution in [3.63, 3.8) is 0 Å². The molecule has 0 bridgehead atoms. The van der Waals surface area contributed by atoms with E-state index in [2.05, 4.69) is 27.2 Å². The fraction of sp³-hybridized carbons (Fsp3) is 0.350. The minimum absolute atomic E-state index is 0.0507. The normalized spacial score (nSPS) is 14.2. The predicted molar refractivity (Wildman–Crippen MR) is 101 cm³/mol. The highest BCUT2D eigenvalue weighted by Crippen LogP contribution is 2.17. The Labute approximate surface area is 149 Å². The number of benzene rings is 2. The van der Waals surface area contributed by atoms with E-state index in [0.29, 0.717) is 12.1 Å². The summed E-state index contributed by atoms with van der Waals surface area (Å²) in [5.41, 5.74) is 4.05. The molecule has 1 amide bonds. The van der Waals surface area contributed by atoms with E-state index in [1.807, 2.05) is 50.5 Å². The van der Waals surface area contributed by atoms with E-state index in [0.717, 1.165) is 43.2 Å². The first kappa shape index (κ1) is 17.3. The Balaban J connectivity index is 1.55. The highest BCUT2D eigenvalue weighted by molar-refractivity contribution is 5.94. The summed E-state index contributed by atoms with van der Waals surface area (Å²) in [5.74, 6) is -0.0507. The van der Waals surface area contributed by atoms with Crippen molar-refractivity contribution in [2.75, 3.05) is 50.2 Å². The Hall–Kier alpha value is -2.53. The minimum Gasteiger partial charge on any atom is -0.378 e. The van der Waals surface area contributed by atoms with Gasteiger partial charge in [0.1, 0.15) is 0 Å². The van der Waals surface area contributed by atoms with E-state index in [1.54, 1.807) is 0 Å². The molecule has 0 unspecified atom stereocenters. The van der Waals surface area contributed by atoms with Crippen molar-refractivity contribution >= 4 is 17.3 Å². The molecule has 5 heteroatoms. The molecule has 0 saturated carbocycles. The zero-order valence-corrected chi connectivity index (χ0v) is 14.9. The van der Waals surface area contributed by atoms with Gasteiger partial charge in [0.25, 0.3) is 5.91 Å². The third-order valence-corrected chi connectivity index (χ3v) is 4.41. The van der Waals surface area contributed by atoms with Gasteiger partial charge >= 0.3 is 0 Å². The zero-order chi connectivity index (χ0) is 17.6. The Morgan fingerprint density at radius 1 is 1.04 bits per heavy atom. The average Bonchev–Trinajstić information content (AvgIpc) is 2.67. The van der Waals surface area contributed by atoms with Gasteiger partial charge in [0, 0.05) is 50.7 Å². The smallest absolute Gasteiger partial charge is 0.251 e. The van der Waals surface area contributed by atoms with Crippen molar-refractivity contribution in [1.82, 2.24) is 5.32 Å². The first-order valence-corrected chi connectivity index (χ1v) is 8.61. The molecule has 132 valence electrons. The van der Waals surface area contributed by atoms with Gasteiger partial charge in [0.15, 0.2) is 0 Å². The van der Waals surface area contributed by atoms with Crippen molar-refractivity contribution in [3.05, 3.63) is 59.7 Å². The molecule has 0 aromatic heterocycles. The summed E-state index contributed by atoms with van der Waals surface area (Å²) in [7, 11) is 4.02. The van der Waals surface area contributed by atoms with Crippen molar-refractivity contribution in [2.45, 2.75) is 6.54 Å². The first-order chi connectivity index (χ1) is 12.1. The highest BCUT2D eigenvalue weighted by Gasteiger charge is 2.12. The van der Waals surface area contributed by atoms with Crippen LogP contribution >= 0.6 is 0 Å². The SMILES string of the molecule is CN(C)c1ccc(CNC(=O)c2ccc(N3CCOCC3)cc2)cc1. The fourth-order valence-corrected chi connectivity index (χ4v) is 2.84. The molecule has 0 aliphatic carbocycles. The lowest BCUT2D eigenvalue weighted by molar-refractivity contribution is 0.0951. The third kappa shape index (κ3) is 4.51. The molecule has 3 rings (SSSR count). The van der Waals surface area contributed by atoms with Gasteiger partial charge in [-0.25, -0.2) is 0 Å². The van der Waals surface area contributed by atoms with Crippen LogP contribution in [0.5, 0.6) is 0 Å². The second-order valence-electron chi connectivity index (χ2n) is 6.39. The number of nitrogens with one attached hydrogen (secondary N) is 1. The molecule has 5 nitrogen and oxygen atoms in total. The van der Waals surface area contributed by atoms with Gasteiger partial charge in [-0.1, -0.05) is 12.1 Å². The van der Waals surface area contributed by atoms with Crippen LogP contribution in [0.25, 0.3) is 0 Å². The standard InChI is InChI=1S/C20H25N3O2/c1-22(2)18-7-3-16(4-8-18)15-21-20(24)17-5-9-19(10-6-17)23-11-13-25-14-12-23/h3-10H,11-15H2,1-2H3,(H,21,24). The summed E-state index contributed by atoms with van der Waals surface area (Å²) in [6, 6.07) is 16.0. The van der Waals surface area contributed by atoms with Crippen molar-refractivity contribution in [1.29, 1.82) is 0 Å². The van der Waals surface area contributed by atoms with Crippen LogP contribution in [0.1, 0.15) is 15.9 Å². The Bertz CT molecular complexity index is 690. The number of nitrogens with zero attached hydrogens (tertiary/aromatic N) is 2. The molecule has 1 heterocycles. The summed E-state index contributed by atoms with van der Waals surface area (Å²) >= 11 is 0. The van der Waals surface area contributed by atoms with E-state index < -0.39 is 0 Å². The number of hydrogen-bond acceptors (Lipinski definition) is 4. The molecule has 0 spiro atoms. The lowest BCUT2D eigenvalue weighted by Gasteiger charge is -2.28. The van der Waals surface area contributed by atoms with Crippen LogP contribution in [-0.2, 0) is 11.3 Å². The predicted octanol–water partition coefficient (Wildman–Crippen LogP) is 2.52. The lowest BCUT2D eigenvalue weighted by Crippen LogP contribution is -2.36. The summed E-state index contributed by atoms with van der Waals surface area (Å²) in [4.78, 5) is 16.7. The highest BCUT2D eigenvalue weighted by atomic mass is 16.5. The van der Waals surface area contributed by atoms with Crippen LogP contribution in [0.3, 0.4) is 0 Å². The van der Waals surface area contributed by atoms with Crippen LogP contribution in [0.15, 0.2) is 48.5 Å². The number of carbonyl (C=O) groups is 1. The molecule has 25 heavy (non-hydrogen) atoms. The van der Waals surface area contributed by atoms with Gasteiger partial charge in [0.05, 0.1) is 13.2 Å². The molecule has 1 aliphatic rings. The summed E-state index contributed by atoms with van der Waals surface area (Å²) in [6.07, 6.45) is 0. The van der Waals surface area contributed by atoms with Gasteiger partial charge < -0.3 is 19.9 Å². The summed E-state index contributed by atoms with van der Waals surface area (Å²) in [5, 5.41) is 2.98. The molecule has 1 N–H and O–H groups in total. The maximum absolute atomic E-state index is 12.3. The van der Waals surface area contributed by atoms with Crippen LogP contribution in [-0.4, -0.2) is 46.3 Å². The van der Waals surface area contributed by atoms with Gasteiger partial charge in [-0.2, -0.15) is 0 Å². The van der Waals surface area contributed by atoms with Crippen molar-refractivity contribution < 1.29 is 9.53 Å². The fourth-order valence-electron chi connectivity index (χ4n) is 2.84. The van der Waals surface area contributed by atoms with Gasteiger partial charge in [-0.3, -0.25) is 4.79 Å². The zero-order valence-electron chi connectivity index (χ0n) is 14.9. The second kappa shape index (κ2) is 8.03. The quantitative estimate of drug-likeness (QED) is 0.909. The molecule has 1 saturated heterocycles. The van der Waals surface area contributed by atoms with Crippen LogP contribution in [0.4, 0.5) is 11.4 Å². The number of anilines is 2. The van der Waals surface area contributed by atoms with E-state index in [9.17, 15) is 4.79 Å². The van der Waals surface area contributed by atoms with E-state index in [1.165, 1.54) is 0 Å². The maximum Gasteiger partial charge on any atom is 0.251 e. The summed E-state index contributed by atoms with van der Waals surface area (Å²) in [6.45, 7) is 3.84. The van der Waals surface area contributed by atoms with Gasteiger partial charge in [-0.15, -0.1) is 0 Å². The van der Waals surface area contributed by atoms with Crippen LogP contribution in [0, 0.1) is 0 Å². The molecule has 2 aromatic rings. The average molecular weight is 339 g/mol. The third-order valence-electron chi connectivity index (χ3n) is 4.41. The van der Waals surface area contributed by atoms with E-state index in [-0.39, 0.29) is 5.91 Å². The van der Waals surface area contributed by atoms with Gasteiger partial charge in [0.2, 0.25) is 0 Å². The van der Waals surface area contributed by atoms with Crippen LogP contribution < -0.4 is 15.1 Å². The number of carbonyl (C=O) groups excluding carboxylic acids is 1. The van der Waals surface area contributed by atoms with Crippen molar-refractivity contribution in [2.24, 2.45) is 0 Å². The van der Waals surface area contributed by atoms with Crippen molar-refractivity contribution in [3.8, 4) is 0 Å².